The number of benzene rings is 2. The van der Waals surface area contributed by atoms with Gasteiger partial charge in [-0.05, 0) is 83.4 Å². The van der Waals surface area contributed by atoms with Gasteiger partial charge in [0.1, 0.15) is 6.07 Å². The van der Waals surface area contributed by atoms with Crippen LogP contribution in [-0.4, -0.2) is 44.5 Å². The number of nitrogens with one attached hydrogen (secondary N) is 4. The highest BCUT2D eigenvalue weighted by Crippen LogP contribution is 2.38. The lowest BCUT2D eigenvalue weighted by Gasteiger charge is -2.42. The second-order valence-electron chi connectivity index (χ2n) is 13.0. The summed E-state index contributed by atoms with van der Waals surface area (Å²) < 4.78 is 0. The number of rotatable bonds is 7. The monoisotopic (exact) mass is 655 g/mol. The molecule has 1 fully saturated rings. The summed E-state index contributed by atoms with van der Waals surface area (Å²) in [6.07, 6.45) is 7.64. The SMILES string of the molecule is Cc1ccc(Nc2c(C#N)cnc3c(Cl)cc(N[C@H](C4=CN(C5CCN(C(C)(C)C)CC5)NN4)c4cccnc4C)cc23)cc1Cl. The molecule has 2 aliphatic heterocycles. The van der Waals surface area contributed by atoms with Crippen LogP contribution in [0.25, 0.3) is 10.9 Å². The summed E-state index contributed by atoms with van der Waals surface area (Å²) in [7, 11) is 0. The molecule has 1 atom stereocenters. The first kappa shape index (κ1) is 31.9. The third-order valence-electron chi connectivity index (χ3n) is 8.88. The van der Waals surface area contributed by atoms with Gasteiger partial charge in [0.15, 0.2) is 0 Å². The Kier molecular flexibility index (Phi) is 8.99. The van der Waals surface area contributed by atoms with Crippen molar-refractivity contribution in [3.63, 3.8) is 0 Å². The van der Waals surface area contributed by atoms with E-state index < -0.39 is 0 Å². The van der Waals surface area contributed by atoms with Crippen molar-refractivity contribution in [1.29, 1.82) is 5.26 Å². The Morgan fingerprint density at radius 3 is 2.48 bits per heavy atom. The number of aromatic nitrogens is 2. The largest absolute Gasteiger partial charge is 0.373 e. The zero-order chi connectivity index (χ0) is 32.6. The summed E-state index contributed by atoms with van der Waals surface area (Å²) in [6.45, 7) is 12.9. The highest BCUT2D eigenvalue weighted by atomic mass is 35.5. The summed E-state index contributed by atoms with van der Waals surface area (Å²) in [5.74, 6) is 0. The van der Waals surface area contributed by atoms with Crippen LogP contribution in [0.3, 0.4) is 0 Å². The number of nitrogens with zero attached hydrogens (tertiary/aromatic N) is 5. The Morgan fingerprint density at radius 2 is 1.78 bits per heavy atom. The number of hydrogen-bond acceptors (Lipinski definition) is 9. The Morgan fingerprint density at radius 1 is 1.02 bits per heavy atom. The van der Waals surface area contributed by atoms with Crippen LogP contribution < -0.4 is 21.6 Å². The van der Waals surface area contributed by atoms with E-state index in [4.69, 9.17) is 23.2 Å². The molecule has 0 aliphatic carbocycles. The van der Waals surface area contributed by atoms with Gasteiger partial charge in [0.05, 0.1) is 33.5 Å². The van der Waals surface area contributed by atoms with Gasteiger partial charge in [0, 0.05) is 76.3 Å². The van der Waals surface area contributed by atoms with E-state index in [1.54, 1.807) is 12.4 Å². The normalized spacial score (nSPS) is 16.6. The third-order valence-corrected chi connectivity index (χ3v) is 9.58. The van der Waals surface area contributed by atoms with Crippen LogP contribution in [0.4, 0.5) is 17.1 Å². The fourth-order valence-electron chi connectivity index (χ4n) is 6.17. The Balaban J connectivity index is 1.35. The Labute approximate surface area is 280 Å². The number of piperidine rings is 1. The molecule has 1 saturated heterocycles. The third kappa shape index (κ3) is 6.58. The molecule has 0 spiro atoms. The van der Waals surface area contributed by atoms with Gasteiger partial charge < -0.3 is 16.1 Å². The summed E-state index contributed by atoms with van der Waals surface area (Å²) in [5, 5.41) is 21.1. The molecule has 4 heterocycles. The predicted molar refractivity (Wildman–Crippen MR) is 187 cm³/mol. The van der Waals surface area contributed by atoms with E-state index in [2.05, 4.69) is 80.6 Å². The molecule has 4 N–H and O–H groups in total. The van der Waals surface area contributed by atoms with Gasteiger partial charge >= 0.3 is 0 Å². The van der Waals surface area contributed by atoms with Gasteiger partial charge in [-0.3, -0.25) is 19.9 Å². The summed E-state index contributed by atoms with van der Waals surface area (Å²) in [5.41, 5.74) is 14.0. The number of pyridine rings is 2. The minimum Gasteiger partial charge on any atom is -0.373 e. The lowest BCUT2D eigenvalue weighted by molar-refractivity contribution is 0.0570. The number of hydrogen-bond donors (Lipinski definition) is 4. The first-order chi connectivity index (χ1) is 22.0. The highest BCUT2D eigenvalue weighted by molar-refractivity contribution is 6.36. The average Bonchev–Trinajstić information content (AvgIpc) is 3.52. The standard InChI is InChI=1S/C35H39Cl2N9/c1-21-8-9-24(16-29(21)36)41-32-23(18-38)19-40-33-28(32)15-25(17-30(33)37)42-34(27-7-6-12-39-22(27)2)31-20-46(44-43-31)26-10-13-45(14-11-26)35(3,4)5/h6-9,12,15-17,19-20,26,34,42-44H,10-11,13-14H2,1-5H3,(H,40,41)/t34-/m0/s1. The molecule has 6 rings (SSSR count). The van der Waals surface area contributed by atoms with Crippen LogP contribution in [0.15, 0.2) is 66.8 Å². The summed E-state index contributed by atoms with van der Waals surface area (Å²) in [6, 6.07) is 16.0. The molecule has 2 aromatic heterocycles. The summed E-state index contributed by atoms with van der Waals surface area (Å²) in [4.78, 5) is 11.7. The van der Waals surface area contributed by atoms with E-state index in [0.29, 0.717) is 38.2 Å². The number of halogens is 2. The molecule has 11 heteroatoms. The zero-order valence-corrected chi connectivity index (χ0v) is 28.3. The number of aryl methyl sites for hydroxylation is 2. The molecule has 2 aromatic carbocycles. The van der Waals surface area contributed by atoms with Crippen molar-refractivity contribution >= 4 is 51.2 Å². The number of fused-ring (bicyclic) bond motifs is 1. The van der Waals surface area contributed by atoms with Crippen molar-refractivity contribution < 1.29 is 0 Å². The maximum atomic E-state index is 10.0. The van der Waals surface area contributed by atoms with Crippen molar-refractivity contribution in [2.45, 2.75) is 65.1 Å². The zero-order valence-electron chi connectivity index (χ0n) is 26.7. The Bertz CT molecular complexity index is 1830. The predicted octanol–water partition coefficient (Wildman–Crippen LogP) is 7.75. The van der Waals surface area contributed by atoms with Gasteiger partial charge in [-0.1, -0.05) is 35.3 Å². The van der Waals surface area contributed by atoms with Crippen molar-refractivity contribution in [2.75, 3.05) is 23.7 Å². The first-order valence-corrected chi connectivity index (χ1v) is 16.3. The lowest BCUT2D eigenvalue weighted by atomic mass is 9.97. The second-order valence-corrected chi connectivity index (χ2v) is 13.8. The van der Waals surface area contributed by atoms with E-state index in [1.807, 2.05) is 50.2 Å². The molecule has 4 aromatic rings. The van der Waals surface area contributed by atoms with Crippen LogP contribution in [0.5, 0.6) is 0 Å². The molecule has 46 heavy (non-hydrogen) atoms. The van der Waals surface area contributed by atoms with E-state index in [-0.39, 0.29) is 11.6 Å². The fraction of sp³-hybridized carbons (Fsp3) is 0.343. The number of likely N-dealkylation sites (tertiary alicyclic amines) is 1. The lowest BCUT2D eigenvalue weighted by Crippen LogP contribution is -2.52. The topological polar surface area (TPSA) is 104 Å². The van der Waals surface area contributed by atoms with Gasteiger partial charge in [-0.15, -0.1) is 5.53 Å². The van der Waals surface area contributed by atoms with E-state index in [1.165, 1.54) is 0 Å². The van der Waals surface area contributed by atoms with Crippen LogP contribution in [0.1, 0.15) is 62.0 Å². The molecule has 238 valence electrons. The molecule has 0 amide bonds. The van der Waals surface area contributed by atoms with Crippen molar-refractivity contribution in [3.05, 3.63) is 99.2 Å². The fourth-order valence-corrected chi connectivity index (χ4v) is 6.62. The van der Waals surface area contributed by atoms with Crippen LogP contribution >= 0.6 is 23.2 Å². The number of hydrazine groups is 2. The minimum atomic E-state index is -0.270. The molecule has 0 saturated carbocycles. The average molecular weight is 657 g/mol. The number of anilines is 3. The van der Waals surface area contributed by atoms with Gasteiger partial charge in [-0.2, -0.15) is 5.26 Å². The van der Waals surface area contributed by atoms with Gasteiger partial charge in [0.2, 0.25) is 0 Å². The molecule has 0 bridgehead atoms. The van der Waals surface area contributed by atoms with Crippen LogP contribution in [0, 0.1) is 25.2 Å². The first-order valence-electron chi connectivity index (χ1n) is 15.5. The molecule has 0 unspecified atom stereocenters. The molecular formula is C35H39Cl2N9. The van der Waals surface area contributed by atoms with Crippen molar-refractivity contribution in [2.24, 2.45) is 0 Å². The van der Waals surface area contributed by atoms with E-state index >= 15 is 0 Å². The maximum Gasteiger partial charge on any atom is 0.103 e. The molecule has 0 radical (unpaired) electrons. The van der Waals surface area contributed by atoms with Crippen LogP contribution in [-0.2, 0) is 0 Å². The van der Waals surface area contributed by atoms with Gasteiger partial charge in [-0.25, -0.2) is 0 Å². The smallest absolute Gasteiger partial charge is 0.103 e. The van der Waals surface area contributed by atoms with Crippen molar-refractivity contribution in [3.8, 4) is 6.07 Å². The quantitative estimate of drug-likeness (QED) is 0.159. The number of nitriles is 1. The highest BCUT2D eigenvalue weighted by Gasteiger charge is 2.32. The molecule has 9 nitrogen and oxygen atoms in total. The van der Waals surface area contributed by atoms with E-state index in [0.717, 1.165) is 59.8 Å². The van der Waals surface area contributed by atoms with Gasteiger partial charge in [0.25, 0.3) is 0 Å². The molecular weight excluding hydrogens is 617 g/mol. The van der Waals surface area contributed by atoms with Crippen LogP contribution in [0.2, 0.25) is 10.0 Å². The second kappa shape index (κ2) is 13.0. The van der Waals surface area contributed by atoms with Crippen molar-refractivity contribution in [1.82, 2.24) is 30.8 Å². The Hall–Kier alpha value is -4.07. The maximum absolute atomic E-state index is 10.0. The van der Waals surface area contributed by atoms with E-state index in [9.17, 15) is 5.26 Å². The minimum absolute atomic E-state index is 0.169. The summed E-state index contributed by atoms with van der Waals surface area (Å²) >= 11 is 13.3. The molecule has 2 aliphatic rings.